The molecule has 7 nitrogen and oxygen atoms in total. The van der Waals surface area contributed by atoms with E-state index in [1.54, 1.807) is 30.6 Å². The molecular formula is C29H34N4O3. The quantitative estimate of drug-likeness (QED) is 0.426. The van der Waals surface area contributed by atoms with E-state index in [1.165, 1.54) is 0 Å². The van der Waals surface area contributed by atoms with Gasteiger partial charge in [0.05, 0.1) is 12.6 Å². The van der Waals surface area contributed by atoms with Crippen molar-refractivity contribution in [3.05, 3.63) is 89.2 Å². The van der Waals surface area contributed by atoms with Crippen LogP contribution < -0.4 is 10.6 Å². The van der Waals surface area contributed by atoms with Crippen molar-refractivity contribution in [2.75, 3.05) is 20.7 Å². The predicted octanol–water partition coefficient (Wildman–Crippen LogP) is 3.95. The van der Waals surface area contributed by atoms with Gasteiger partial charge in [0, 0.05) is 36.1 Å². The number of hydrogen-bond donors (Lipinski definition) is 3. The first kappa shape index (κ1) is 25.5. The van der Waals surface area contributed by atoms with Crippen molar-refractivity contribution in [2.45, 2.75) is 44.3 Å². The van der Waals surface area contributed by atoms with Crippen molar-refractivity contribution in [1.29, 1.82) is 0 Å². The molecule has 3 aromatic rings. The molecule has 0 spiro atoms. The number of carbonyl (C=O) groups is 2. The van der Waals surface area contributed by atoms with Crippen molar-refractivity contribution >= 4 is 11.8 Å². The number of nitrogens with zero attached hydrogens (tertiary/aromatic N) is 2. The van der Waals surface area contributed by atoms with Gasteiger partial charge in [-0.3, -0.25) is 14.6 Å². The second kappa shape index (κ2) is 11.9. The summed E-state index contributed by atoms with van der Waals surface area (Å²) in [6, 6.07) is 16.3. The van der Waals surface area contributed by atoms with E-state index in [-0.39, 0.29) is 24.5 Å². The molecule has 1 saturated carbocycles. The molecule has 1 fully saturated rings. The highest BCUT2D eigenvalue weighted by Gasteiger charge is 2.21. The number of aliphatic hydroxyl groups is 1. The molecule has 1 heterocycles. The van der Waals surface area contributed by atoms with Crippen molar-refractivity contribution < 1.29 is 14.7 Å². The highest BCUT2D eigenvalue weighted by molar-refractivity contribution is 5.97. The van der Waals surface area contributed by atoms with Crippen molar-refractivity contribution in [1.82, 2.24) is 20.5 Å². The third-order valence-electron chi connectivity index (χ3n) is 6.58. The number of rotatable bonds is 9. The molecule has 1 atom stereocenters. The lowest BCUT2D eigenvalue weighted by Crippen LogP contribution is -2.33. The minimum atomic E-state index is -0.635. The van der Waals surface area contributed by atoms with Crippen LogP contribution in [0.4, 0.5) is 0 Å². The van der Waals surface area contributed by atoms with E-state index in [2.05, 4.69) is 15.6 Å². The Kier molecular flexibility index (Phi) is 8.46. The van der Waals surface area contributed by atoms with Crippen molar-refractivity contribution in [3.63, 3.8) is 0 Å². The van der Waals surface area contributed by atoms with E-state index in [4.69, 9.17) is 0 Å². The molecule has 188 valence electrons. The smallest absolute Gasteiger partial charge is 0.252 e. The van der Waals surface area contributed by atoms with Gasteiger partial charge in [-0.05, 0) is 85.6 Å². The van der Waals surface area contributed by atoms with E-state index in [0.717, 1.165) is 42.4 Å². The molecule has 3 N–H and O–H groups in total. The Morgan fingerprint density at radius 3 is 2.44 bits per heavy atom. The van der Waals surface area contributed by atoms with Gasteiger partial charge in [-0.25, -0.2) is 0 Å². The zero-order valence-electron chi connectivity index (χ0n) is 20.9. The van der Waals surface area contributed by atoms with Crippen LogP contribution >= 0.6 is 0 Å². The number of nitrogens with one attached hydrogen (secondary N) is 2. The molecule has 2 amide bonds. The lowest BCUT2D eigenvalue weighted by Gasteiger charge is -2.20. The lowest BCUT2D eigenvalue weighted by atomic mass is 9.98. The first-order valence-electron chi connectivity index (χ1n) is 12.4. The van der Waals surface area contributed by atoms with Gasteiger partial charge in [-0.1, -0.05) is 31.0 Å². The number of aliphatic hydroxyl groups excluding tert-OH is 1. The fraction of sp³-hybridized carbons (Fsp3) is 0.345. The van der Waals surface area contributed by atoms with E-state index >= 15 is 0 Å². The maximum absolute atomic E-state index is 13.4. The van der Waals surface area contributed by atoms with Crippen molar-refractivity contribution in [2.24, 2.45) is 0 Å². The fourth-order valence-electron chi connectivity index (χ4n) is 4.72. The number of aromatic nitrogens is 1. The zero-order valence-corrected chi connectivity index (χ0v) is 20.9. The molecule has 0 aliphatic heterocycles. The minimum Gasteiger partial charge on any atom is -0.394 e. The topological polar surface area (TPSA) is 94.6 Å². The SMILES string of the molecule is CN(C)Cc1cc(-c2ccncc2)ccc1C(=O)N[C@H](CO)c1cccc(C(=O)NC2CCCC2)c1. The third kappa shape index (κ3) is 6.36. The van der Waals surface area contributed by atoms with Crippen LogP contribution in [-0.4, -0.2) is 53.5 Å². The molecule has 0 saturated heterocycles. The average molecular weight is 487 g/mol. The van der Waals surface area contributed by atoms with Crippen LogP contribution in [0.5, 0.6) is 0 Å². The van der Waals surface area contributed by atoms with Gasteiger partial charge >= 0.3 is 0 Å². The minimum absolute atomic E-state index is 0.119. The molecule has 0 radical (unpaired) electrons. The second-order valence-electron chi connectivity index (χ2n) is 9.63. The summed E-state index contributed by atoms with van der Waals surface area (Å²) in [5.74, 6) is -0.389. The summed E-state index contributed by atoms with van der Waals surface area (Å²) in [4.78, 5) is 32.2. The first-order valence-corrected chi connectivity index (χ1v) is 12.4. The van der Waals surface area contributed by atoms with Crippen LogP contribution in [0.25, 0.3) is 11.1 Å². The normalized spacial score (nSPS) is 14.6. The maximum atomic E-state index is 13.4. The van der Waals surface area contributed by atoms with E-state index < -0.39 is 6.04 Å². The molecule has 0 unspecified atom stereocenters. The summed E-state index contributed by atoms with van der Waals surface area (Å²) >= 11 is 0. The highest BCUT2D eigenvalue weighted by Crippen LogP contribution is 2.24. The van der Waals surface area contributed by atoms with Crippen LogP contribution in [0.3, 0.4) is 0 Å². The predicted molar refractivity (Wildman–Crippen MR) is 141 cm³/mol. The summed E-state index contributed by atoms with van der Waals surface area (Å²) in [6.45, 7) is 0.305. The molecule has 1 aromatic heterocycles. The fourth-order valence-corrected chi connectivity index (χ4v) is 4.72. The number of pyridine rings is 1. The molecule has 2 aromatic carbocycles. The van der Waals surface area contributed by atoms with Crippen molar-refractivity contribution in [3.8, 4) is 11.1 Å². The monoisotopic (exact) mass is 486 g/mol. The Morgan fingerprint density at radius 2 is 1.75 bits per heavy atom. The van der Waals surface area contributed by atoms with Gasteiger partial charge < -0.3 is 20.6 Å². The first-order chi connectivity index (χ1) is 17.4. The average Bonchev–Trinajstić information content (AvgIpc) is 3.40. The van der Waals surface area contributed by atoms with Gasteiger partial charge in [0.2, 0.25) is 0 Å². The Bertz CT molecular complexity index is 1190. The van der Waals surface area contributed by atoms with E-state index in [0.29, 0.717) is 23.2 Å². The summed E-state index contributed by atoms with van der Waals surface area (Å²) < 4.78 is 0. The number of benzene rings is 2. The van der Waals surface area contributed by atoms with Gasteiger partial charge in [-0.2, -0.15) is 0 Å². The molecule has 0 bridgehead atoms. The van der Waals surface area contributed by atoms with Crippen LogP contribution in [0.1, 0.15) is 63.6 Å². The van der Waals surface area contributed by atoms with Crippen LogP contribution in [0.2, 0.25) is 0 Å². The summed E-state index contributed by atoms with van der Waals surface area (Å²) in [5, 5.41) is 16.2. The largest absolute Gasteiger partial charge is 0.394 e. The maximum Gasteiger partial charge on any atom is 0.252 e. The number of carbonyl (C=O) groups excluding carboxylic acids is 2. The number of amides is 2. The van der Waals surface area contributed by atoms with Crippen LogP contribution in [-0.2, 0) is 6.54 Å². The lowest BCUT2D eigenvalue weighted by molar-refractivity contribution is 0.0914. The third-order valence-corrected chi connectivity index (χ3v) is 6.58. The molecule has 4 rings (SSSR count). The molecular weight excluding hydrogens is 452 g/mol. The van der Waals surface area contributed by atoms with Gasteiger partial charge in [0.1, 0.15) is 0 Å². The van der Waals surface area contributed by atoms with E-state index in [9.17, 15) is 14.7 Å². The summed E-state index contributed by atoms with van der Waals surface area (Å²) in [7, 11) is 3.92. The van der Waals surface area contributed by atoms with Crippen LogP contribution in [0, 0.1) is 0 Å². The molecule has 36 heavy (non-hydrogen) atoms. The number of hydrogen-bond acceptors (Lipinski definition) is 5. The van der Waals surface area contributed by atoms with E-state index in [1.807, 2.05) is 55.4 Å². The van der Waals surface area contributed by atoms with Crippen LogP contribution in [0.15, 0.2) is 67.0 Å². The second-order valence-corrected chi connectivity index (χ2v) is 9.63. The van der Waals surface area contributed by atoms with Gasteiger partial charge in [0.15, 0.2) is 0 Å². The molecule has 1 aliphatic carbocycles. The summed E-state index contributed by atoms with van der Waals surface area (Å²) in [5.41, 5.74) is 4.68. The van der Waals surface area contributed by atoms with Gasteiger partial charge in [-0.15, -0.1) is 0 Å². The molecule has 7 heteroatoms. The Morgan fingerprint density at radius 1 is 1.00 bits per heavy atom. The Hall–Kier alpha value is -3.55. The van der Waals surface area contributed by atoms with Gasteiger partial charge in [0.25, 0.3) is 11.8 Å². The highest BCUT2D eigenvalue weighted by atomic mass is 16.3. The standard InChI is InChI=1S/C29H34N4O3/c1-33(2)18-24-16-21(20-12-14-30-15-13-20)10-11-26(24)29(36)32-27(19-34)22-6-5-7-23(17-22)28(35)31-25-8-3-4-9-25/h5-7,10-17,25,27,34H,3-4,8-9,18-19H2,1-2H3,(H,31,35)(H,32,36)/t27-/m1/s1. The Labute approximate surface area is 212 Å². The summed E-state index contributed by atoms with van der Waals surface area (Å²) in [6.07, 6.45) is 7.79. The Balaban J connectivity index is 1.53. The molecule has 1 aliphatic rings. The zero-order chi connectivity index (χ0) is 25.5.